The maximum absolute atomic E-state index is 13.6. The minimum Gasteiger partial charge on any atom is -0.493 e. The number of para-hydroxylation sites is 1. The van der Waals surface area contributed by atoms with Gasteiger partial charge in [-0.15, -0.1) is 0 Å². The van der Waals surface area contributed by atoms with Crippen LogP contribution < -0.4 is 19.7 Å². The van der Waals surface area contributed by atoms with E-state index in [0.717, 1.165) is 9.13 Å². The number of thiocarbonyl (C=S) groups is 1. The molecule has 0 aliphatic carbocycles. The van der Waals surface area contributed by atoms with E-state index < -0.39 is 6.04 Å². The summed E-state index contributed by atoms with van der Waals surface area (Å²) in [6.45, 7) is 0.435. The summed E-state index contributed by atoms with van der Waals surface area (Å²) in [5.41, 5.74) is 2.29. The number of rotatable bonds is 9. The van der Waals surface area contributed by atoms with E-state index in [4.69, 9.17) is 33.3 Å². The number of ether oxygens (including phenoxy) is 2. The first-order valence-corrected chi connectivity index (χ1v) is 13.3. The molecule has 0 radical (unpaired) electrons. The Bertz CT molecular complexity index is 1320. The number of hydrogen-bond donors (Lipinski definition) is 1. The summed E-state index contributed by atoms with van der Waals surface area (Å²) in [6.07, 6.45) is 0.539. The number of methoxy groups -OCH3 is 2. The molecule has 1 saturated heterocycles. The van der Waals surface area contributed by atoms with Crippen LogP contribution in [0.5, 0.6) is 11.5 Å². The van der Waals surface area contributed by atoms with Crippen LogP contribution in [0.1, 0.15) is 12.0 Å². The molecule has 1 fully saturated rings. The van der Waals surface area contributed by atoms with Crippen LogP contribution in [0.2, 0.25) is 5.02 Å². The lowest BCUT2D eigenvalue weighted by molar-refractivity contribution is -0.124. The van der Waals surface area contributed by atoms with Gasteiger partial charge in [0.25, 0.3) is 5.91 Å². The van der Waals surface area contributed by atoms with E-state index in [0.29, 0.717) is 46.0 Å². The van der Waals surface area contributed by atoms with Crippen molar-refractivity contribution < 1.29 is 19.1 Å². The van der Waals surface area contributed by atoms with Crippen molar-refractivity contribution in [3.8, 4) is 11.5 Å². The molecule has 3 aromatic rings. The standard InChI is InChI=1S/C27H25ClIN3O4S/c1-35-23-12-7-17(15-24(23)36-2)13-14-31-22(16-25(33)30-21-6-4-3-5-20(21)29)26(34)32(27(31)37)19-10-8-18(28)9-11-19/h3-12,15,22H,13-14,16H2,1-2H3,(H,30,33). The topological polar surface area (TPSA) is 71.1 Å². The van der Waals surface area contributed by atoms with Crippen LogP contribution in [0, 0.1) is 3.57 Å². The fraction of sp³-hybridized carbons (Fsp3) is 0.222. The lowest BCUT2D eigenvalue weighted by atomic mass is 10.1. The SMILES string of the molecule is COc1ccc(CCN2C(=S)N(c3ccc(Cl)cc3)C(=O)C2CC(=O)Nc2ccccc2I)cc1OC. The van der Waals surface area contributed by atoms with Gasteiger partial charge < -0.3 is 19.7 Å². The highest BCUT2D eigenvalue weighted by Gasteiger charge is 2.44. The molecule has 0 spiro atoms. The predicted octanol–water partition coefficient (Wildman–Crippen LogP) is 5.54. The lowest BCUT2D eigenvalue weighted by Gasteiger charge is -2.24. The predicted molar refractivity (Wildman–Crippen MR) is 158 cm³/mol. The average molecular weight is 650 g/mol. The van der Waals surface area contributed by atoms with Crippen molar-refractivity contribution in [3.05, 3.63) is 80.9 Å². The number of carbonyl (C=O) groups excluding carboxylic acids is 2. The zero-order valence-electron chi connectivity index (χ0n) is 20.2. The highest BCUT2D eigenvalue weighted by atomic mass is 127. The third-order valence-corrected chi connectivity index (χ3v) is 7.63. The van der Waals surface area contributed by atoms with Crippen molar-refractivity contribution in [2.45, 2.75) is 18.9 Å². The zero-order chi connectivity index (χ0) is 26.5. The minimum absolute atomic E-state index is 0.0417. The van der Waals surface area contributed by atoms with E-state index in [-0.39, 0.29) is 18.2 Å². The van der Waals surface area contributed by atoms with Gasteiger partial charge in [0.15, 0.2) is 16.6 Å². The van der Waals surface area contributed by atoms with Crippen molar-refractivity contribution in [2.24, 2.45) is 0 Å². The minimum atomic E-state index is -0.746. The number of halogens is 2. The maximum Gasteiger partial charge on any atom is 0.256 e. The second kappa shape index (κ2) is 12.1. The Morgan fingerprint density at radius 1 is 1.05 bits per heavy atom. The van der Waals surface area contributed by atoms with E-state index in [1.54, 1.807) is 38.5 Å². The molecular formula is C27H25ClIN3O4S. The van der Waals surface area contributed by atoms with Gasteiger partial charge in [0, 0.05) is 15.1 Å². The van der Waals surface area contributed by atoms with Gasteiger partial charge in [0.1, 0.15) is 6.04 Å². The molecule has 2 amide bonds. The van der Waals surface area contributed by atoms with Crippen molar-refractivity contribution in [1.29, 1.82) is 0 Å². The Labute approximate surface area is 239 Å². The molecule has 0 aromatic heterocycles. The van der Waals surface area contributed by atoms with Crippen LogP contribution in [0.3, 0.4) is 0 Å². The van der Waals surface area contributed by atoms with Crippen LogP contribution in [0.25, 0.3) is 0 Å². The van der Waals surface area contributed by atoms with Crippen molar-refractivity contribution in [3.63, 3.8) is 0 Å². The van der Waals surface area contributed by atoms with Crippen LogP contribution in [0.15, 0.2) is 66.7 Å². The largest absolute Gasteiger partial charge is 0.493 e. The quantitative estimate of drug-likeness (QED) is 0.243. The molecule has 1 unspecified atom stereocenters. The van der Waals surface area contributed by atoms with Crippen molar-refractivity contribution in [2.75, 3.05) is 31.0 Å². The summed E-state index contributed by atoms with van der Waals surface area (Å²) in [7, 11) is 3.17. The Hall–Kier alpha value is -2.89. The number of anilines is 2. The normalized spacial score (nSPS) is 15.2. The van der Waals surface area contributed by atoms with Gasteiger partial charge in [-0.3, -0.25) is 14.5 Å². The summed E-state index contributed by atoms with van der Waals surface area (Å²) in [5.74, 6) is 0.741. The fourth-order valence-electron chi connectivity index (χ4n) is 4.14. The first-order chi connectivity index (χ1) is 17.8. The van der Waals surface area contributed by atoms with Crippen molar-refractivity contribution in [1.82, 2.24) is 4.90 Å². The maximum atomic E-state index is 13.6. The highest BCUT2D eigenvalue weighted by molar-refractivity contribution is 14.1. The molecule has 7 nitrogen and oxygen atoms in total. The van der Waals surface area contributed by atoms with E-state index in [2.05, 4.69) is 27.9 Å². The van der Waals surface area contributed by atoms with Crippen LogP contribution >= 0.6 is 46.4 Å². The molecule has 1 aliphatic heterocycles. The number of benzene rings is 3. The Morgan fingerprint density at radius 3 is 2.43 bits per heavy atom. The average Bonchev–Trinajstić information content (AvgIpc) is 3.12. The van der Waals surface area contributed by atoms with Gasteiger partial charge in [0.2, 0.25) is 5.91 Å². The molecule has 37 heavy (non-hydrogen) atoms. The summed E-state index contributed by atoms with van der Waals surface area (Å²) >= 11 is 14.0. The van der Waals surface area contributed by atoms with Crippen LogP contribution in [-0.2, 0) is 16.0 Å². The lowest BCUT2D eigenvalue weighted by Crippen LogP contribution is -2.39. The number of nitrogens with one attached hydrogen (secondary N) is 1. The molecule has 10 heteroatoms. The highest BCUT2D eigenvalue weighted by Crippen LogP contribution is 2.31. The Morgan fingerprint density at radius 2 is 1.76 bits per heavy atom. The molecular weight excluding hydrogens is 625 g/mol. The monoisotopic (exact) mass is 649 g/mol. The van der Waals surface area contributed by atoms with Gasteiger partial charge in [-0.2, -0.15) is 0 Å². The second-order valence-electron chi connectivity index (χ2n) is 8.31. The smallest absolute Gasteiger partial charge is 0.256 e. The first kappa shape index (κ1) is 27.2. The van der Waals surface area contributed by atoms with Crippen LogP contribution in [0.4, 0.5) is 11.4 Å². The van der Waals surface area contributed by atoms with Gasteiger partial charge in [0.05, 0.1) is 32.0 Å². The molecule has 0 bridgehead atoms. The van der Waals surface area contributed by atoms with Gasteiger partial charge >= 0.3 is 0 Å². The Kier molecular flexibility index (Phi) is 8.88. The Balaban J connectivity index is 1.57. The van der Waals surface area contributed by atoms with Gasteiger partial charge in [-0.05, 0) is 95.3 Å². The molecule has 1 N–H and O–H groups in total. The number of carbonyl (C=O) groups is 2. The fourth-order valence-corrected chi connectivity index (χ4v) is 5.20. The molecule has 4 rings (SSSR count). The van der Waals surface area contributed by atoms with Crippen molar-refractivity contribution >= 4 is 74.7 Å². The van der Waals surface area contributed by atoms with E-state index in [1.807, 2.05) is 47.4 Å². The summed E-state index contributed by atoms with van der Waals surface area (Å²) in [6, 6.07) is 19.3. The number of hydrogen-bond acceptors (Lipinski definition) is 5. The molecule has 192 valence electrons. The molecule has 1 atom stereocenters. The molecule has 3 aromatic carbocycles. The summed E-state index contributed by atoms with van der Waals surface area (Å²) in [5, 5.41) is 3.82. The van der Waals surface area contributed by atoms with E-state index >= 15 is 0 Å². The van der Waals surface area contributed by atoms with E-state index in [1.165, 1.54) is 4.90 Å². The van der Waals surface area contributed by atoms with Gasteiger partial charge in [-0.1, -0.05) is 29.8 Å². The number of nitrogens with zero attached hydrogens (tertiary/aromatic N) is 2. The molecule has 1 heterocycles. The zero-order valence-corrected chi connectivity index (χ0v) is 24.0. The number of amides is 2. The molecule has 1 aliphatic rings. The third-order valence-electron chi connectivity index (χ3n) is 6.02. The molecule has 0 saturated carbocycles. The first-order valence-electron chi connectivity index (χ1n) is 11.5. The van der Waals surface area contributed by atoms with Gasteiger partial charge in [-0.25, -0.2) is 0 Å². The summed E-state index contributed by atoms with van der Waals surface area (Å²) < 4.78 is 11.7. The van der Waals surface area contributed by atoms with Crippen LogP contribution in [-0.4, -0.2) is 48.6 Å². The second-order valence-corrected chi connectivity index (χ2v) is 10.3. The summed E-state index contributed by atoms with van der Waals surface area (Å²) in [4.78, 5) is 29.9. The van der Waals surface area contributed by atoms with E-state index in [9.17, 15) is 9.59 Å². The third kappa shape index (κ3) is 6.16.